The lowest BCUT2D eigenvalue weighted by molar-refractivity contribution is 0.172. The van der Waals surface area contributed by atoms with Gasteiger partial charge < -0.3 is 20.1 Å². The average molecular weight is 561 g/mol. The van der Waals surface area contributed by atoms with E-state index in [2.05, 4.69) is 20.5 Å². The van der Waals surface area contributed by atoms with Crippen molar-refractivity contribution in [2.75, 3.05) is 39.2 Å². The molecule has 0 bridgehead atoms. The van der Waals surface area contributed by atoms with E-state index in [0.29, 0.717) is 31.6 Å². The molecule has 2 amide bonds. The second kappa shape index (κ2) is 12.5. The number of urea groups is 1. The van der Waals surface area contributed by atoms with Crippen LogP contribution < -0.4 is 20.1 Å². The number of hydrogen-bond donors (Lipinski definition) is 2. The number of amides is 2. The van der Waals surface area contributed by atoms with Crippen molar-refractivity contribution in [2.24, 2.45) is 0 Å². The topological polar surface area (TPSA) is 75.7 Å². The van der Waals surface area contributed by atoms with E-state index in [1.807, 2.05) is 49.4 Å². The van der Waals surface area contributed by atoms with Crippen LogP contribution in [0.25, 0.3) is 10.9 Å². The quantitative estimate of drug-likeness (QED) is 0.255. The third-order valence-electron chi connectivity index (χ3n) is 7.57. The summed E-state index contributed by atoms with van der Waals surface area (Å²) < 4.78 is 38.7. The molecule has 0 fully saturated rings. The fourth-order valence-electron chi connectivity index (χ4n) is 5.61. The molecule has 1 aromatic heterocycles. The van der Waals surface area contributed by atoms with Crippen LogP contribution in [0.2, 0.25) is 0 Å². The zero-order chi connectivity index (χ0) is 28.9. The molecule has 41 heavy (non-hydrogen) atoms. The second-order valence-electron chi connectivity index (χ2n) is 10.2. The summed E-state index contributed by atoms with van der Waals surface area (Å²) in [6.07, 6.45) is 2.00. The van der Waals surface area contributed by atoms with Crippen molar-refractivity contribution in [1.82, 2.24) is 15.2 Å². The summed E-state index contributed by atoms with van der Waals surface area (Å²) in [5.41, 5.74) is 5.27. The molecule has 7 nitrogen and oxygen atoms in total. The highest BCUT2D eigenvalue weighted by Crippen LogP contribution is 2.41. The van der Waals surface area contributed by atoms with Gasteiger partial charge in [-0.15, -0.1) is 0 Å². The third kappa shape index (κ3) is 6.41. The molecule has 3 aromatic carbocycles. The van der Waals surface area contributed by atoms with Gasteiger partial charge in [0.2, 0.25) is 0 Å². The van der Waals surface area contributed by atoms with Gasteiger partial charge in [0.05, 0.1) is 25.4 Å². The van der Waals surface area contributed by atoms with E-state index < -0.39 is 11.6 Å². The average Bonchev–Trinajstić information content (AvgIpc) is 2.97. The zero-order valence-corrected chi connectivity index (χ0v) is 23.5. The first-order chi connectivity index (χ1) is 19.9. The van der Waals surface area contributed by atoms with Gasteiger partial charge >= 0.3 is 6.03 Å². The Bertz CT molecular complexity index is 1540. The Labute approximate surface area is 238 Å². The molecular weight excluding hydrogens is 526 g/mol. The fourth-order valence-corrected chi connectivity index (χ4v) is 5.61. The molecular formula is C32H34F2N4O3. The number of pyridine rings is 1. The van der Waals surface area contributed by atoms with Gasteiger partial charge in [0.1, 0.15) is 11.5 Å². The SMILES string of the molecule is COc1cc2c(c(OC)c1)C(CCc1ccc(F)c(F)c1)N(CCNC(=O)Nc1cc(C)nc3ccccc13)CC2. The van der Waals surface area contributed by atoms with E-state index in [9.17, 15) is 13.6 Å². The maximum absolute atomic E-state index is 13.9. The fraction of sp³-hybridized carbons (Fsp3) is 0.312. The molecule has 214 valence electrons. The summed E-state index contributed by atoms with van der Waals surface area (Å²) in [4.78, 5) is 19.7. The summed E-state index contributed by atoms with van der Waals surface area (Å²) in [6, 6.07) is 17.2. The molecule has 0 saturated heterocycles. The van der Waals surface area contributed by atoms with Gasteiger partial charge in [0, 0.05) is 48.4 Å². The van der Waals surface area contributed by atoms with Crippen molar-refractivity contribution in [3.05, 3.63) is 94.7 Å². The van der Waals surface area contributed by atoms with Gasteiger partial charge in [-0.25, -0.2) is 13.6 Å². The first kappa shape index (κ1) is 28.3. The van der Waals surface area contributed by atoms with E-state index in [1.54, 1.807) is 20.3 Å². The Kier molecular flexibility index (Phi) is 8.64. The first-order valence-corrected chi connectivity index (χ1v) is 13.7. The zero-order valence-electron chi connectivity index (χ0n) is 23.5. The van der Waals surface area contributed by atoms with Crippen molar-refractivity contribution in [2.45, 2.75) is 32.2 Å². The molecule has 4 aromatic rings. The molecule has 5 rings (SSSR count). The summed E-state index contributed by atoms with van der Waals surface area (Å²) in [5.74, 6) is -0.250. The van der Waals surface area contributed by atoms with E-state index in [-0.39, 0.29) is 12.1 Å². The number of ether oxygens (including phenoxy) is 2. The van der Waals surface area contributed by atoms with Crippen LogP contribution in [0.4, 0.5) is 19.3 Å². The smallest absolute Gasteiger partial charge is 0.319 e. The van der Waals surface area contributed by atoms with Gasteiger partial charge in [-0.2, -0.15) is 0 Å². The van der Waals surface area contributed by atoms with Crippen molar-refractivity contribution in [3.8, 4) is 11.5 Å². The van der Waals surface area contributed by atoms with Gasteiger partial charge in [0.15, 0.2) is 11.6 Å². The molecule has 1 aliphatic heterocycles. The lowest BCUT2D eigenvalue weighted by atomic mass is 9.87. The number of nitrogens with one attached hydrogen (secondary N) is 2. The maximum Gasteiger partial charge on any atom is 0.319 e. The van der Waals surface area contributed by atoms with Crippen LogP contribution in [0, 0.1) is 18.6 Å². The molecule has 0 radical (unpaired) electrons. The standard InChI is InChI=1S/C32H34F2N4O3/c1-20-16-28(24-6-4-5-7-27(24)36-20)37-32(39)35-13-15-38-14-12-22-18-23(40-2)19-30(41-3)31(22)29(38)11-9-21-8-10-25(33)26(34)17-21/h4-8,10,16-19,29H,9,11-15H2,1-3H3,(H2,35,36,37,39). The largest absolute Gasteiger partial charge is 0.497 e. The molecule has 2 heterocycles. The molecule has 0 spiro atoms. The van der Waals surface area contributed by atoms with Gasteiger partial charge in [0.25, 0.3) is 0 Å². The van der Waals surface area contributed by atoms with E-state index in [4.69, 9.17) is 9.47 Å². The maximum atomic E-state index is 13.9. The van der Waals surface area contributed by atoms with Crippen LogP contribution in [0.15, 0.2) is 60.7 Å². The molecule has 0 aliphatic carbocycles. The number of carbonyl (C=O) groups excluding carboxylic acids is 1. The molecule has 1 atom stereocenters. The number of methoxy groups -OCH3 is 2. The van der Waals surface area contributed by atoms with Crippen molar-refractivity contribution in [1.29, 1.82) is 0 Å². The number of carbonyl (C=O) groups is 1. The third-order valence-corrected chi connectivity index (χ3v) is 7.57. The Hall–Kier alpha value is -4.24. The minimum atomic E-state index is -0.855. The number of hydrogen-bond acceptors (Lipinski definition) is 5. The number of anilines is 1. The first-order valence-electron chi connectivity index (χ1n) is 13.7. The molecule has 2 N–H and O–H groups in total. The second-order valence-corrected chi connectivity index (χ2v) is 10.2. The summed E-state index contributed by atoms with van der Waals surface area (Å²) in [6.45, 7) is 3.68. The van der Waals surface area contributed by atoms with Crippen molar-refractivity contribution in [3.63, 3.8) is 0 Å². The number of para-hydroxylation sites is 1. The van der Waals surface area contributed by atoms with Gasteiger partial charge in [-0.3, -0.25) is 9.88 Å². The highest BCUT2D eigenvalue weighted by molar-refractivity contribution is 6.00. The summed E-state index contributed by atoms with van der Waals surface area (Å²) in [7, 11) is 3.26. The van der Waals surface area contributed by atoms with Crippen molar-refractivity contribution < 1.29 is 23.0 Å². The highest BCUT2D eigenvalue weighted by atomic mass is 19.2. The van der Waals surface area contributed by atoms with E-state index in [0.717, 1.165) is 57.8 Å². The number of fused-ring (bicyclic) bond motifs is 2. The van der Waals surface area contributed by atoms with Crippen LogP contribution in [-0.4, -0.2) is 49.8 Å². The summed E-state index contributed by atoms with van der Waals surface area (Å²) in [5, 5.41) is 6.83. The minimum Gasteiger partial charge on any atom is -0.497 e. The van der Waals surface area contributed by atoms with Crippen LogP contribution >= 0.6 is 0 Å². The monoisotopic (exact) mass is 560 g/mol. The molecule has 1 unspecified atom stereocenters. The number of halogens is 2. The van der Waals surface area contributed by atoms with Crippen LogP contribution in [0.5, 0.6) is 11.5 Å². The number of aryl methyl sites for hydroxylation is 2. The molecule has 9 heteroatoms. The lowest BCUT2D eigenvalue weighted by Gasteiger charge is -2.38. The highest BCUT2D eigenvalue weighted by Gasteiger charge is 2.31. The predicted molar refractivity (Wildman–Crippen MR) is 156 cm³/mol. The molecule has 1 aliphatic rings. The number of aromatic nitrogens is 1. The van der Waals surface area contributed by atoms with Crippen LogP contribution in [0.3, 0.4) is 0 Å². The number of benzene rings is 3. The number of nitrogens with zero attached hydrogens (tertiary/aromatic N) is 2. The Morgan fingerprint density at radius 1 is 1.05 bits per heavy atom. The number of rotatable bonds is 9. The lowest BCUT2D eigenvalue weighted by Crippen LogP contribution is -2.42. The normalized spacial score (nSPS) is 14.9. The Morgan fingerprint density at radius 2 is 1.88 bits per heavy atom. The predicted octanol–water partition coefficient (Wildman–Crippen LogP) is 6.19. The van der Waals surface area contributed by atoms with Crippen LogP contribution in [-0.2, 0) is 12.8 Å². The van der Waals surface area contributed by atoms with Crippen molar-refractivity contribution >= 4 is 22.6 Å². The minimum absolute atomic E-state index is 0.0515. The molecule has 0 saturated carbocycles. The van der Waals surface area contributed by atoms with E-state index in [1.165, 1.54) is 12.1 Å². The van der Waals surface area contributed by atoms with E-state index >= 15 is 0 Å². The van der Waals surface area contributed by atoms with Gasteiger partial charge in [-0.05, 0) is 67.6 Å². The summed E-state index contributed by atoms with van der Waals surface area (Å²) >= 11 is 0. The van der Waals surface area contributed by atoms with Crippen LogP contribution in [0.1, 0.15) is 34.8 Å². The Morgan fingerprint density at radius 3 is 2.66 bits per heavy atom. The Balaban J connectivity index is 1.31. The van der Waals surface area contributed by atoms with Gasteiger partial charge in [-0.1, -0.05) is 24.3 Å².